The molecule has 3 aromatic rings. The number of nitrogens with zero attached hydrogens (tertiary/aromatic N) is 3. The summed E-state index contributed by atoms with van der Waals surface area (Å²) in [5.74, 6) is -1.49. The van der Waals surface area contributed by atoms with Gasteiger partial charge >= 0.3 is 6.18 Å². The number of aromatic nitrogens is 1. The monoisotopic (exact) mass is 456 g/mol. The molecule has 0 radical (unpaired) electrons. The van der Waals surface area contributed by atoms with Gasteiger partial charge in [0.2, 0.25) is 11.8 Å². The molecule has 4 rings (SSSR count). The van der Waals surface area contributed by atoms with E-state index in [0.717, 1.165) is 17.0 Å². The van der Waals surface area contributed by atoms with Crippen LogP contribution in [0.3, 0.4) is 0 Å². The molecule has 1 N–H and O–H groups in total. The van der Waals surface area contributed by atoms with Crippen molar-refractivity contribution in [2.75, 3.05) is 16.8 Å². The standard InChI is InChI=1S/C23H16F4N4O2/c24-16-8-6-14(7-9-16)19-12-21(33)31(22-18(30-19)5-2-10-28-22)13-20(32)29-17-4-1-3-15(11-17)23(25,26)27/h1-11H,12-13H2,(H,29,32). The first-order valence-corrected chi connectivity index (χ1v) is 9.77. The highest BCUT2D eigenvalue weighted by molar-refractivity contribution is 6.18. The quantitative estimate of drug-likeness (QED) is 0.577. The number of carbonyl (C=O) groups is 2. The number of carbonyl (C=O) groups excluding carboxylic acids is 2. The maximum atomic E-state index is 13.3. The summed E-state index contributed by atoms with van der Waals surface area (Å²) >= 11 is 0. The Labute approximate surface area is 185 Å². The van der Waals surface area contributed by atoms with Gasteiger partial charge < -0.3 is 5.32 Å². The van der Waals surface area contributed by atoms with Crippen molar-refractivity contribution in [3.8, 4) is 0 Å². The smallest absolute Gasteiger partial charge is 0.325 e. The maximum Gasteiger partial charge on any atom is 0.416 e. The van der Waals surface area contributed by atoms with Crippen LogP contribution in [0, 0.1) is 5.82 Å². The molecule has 2 heterocycles. The molecule has 0 spiro atoms. The molecule has 0 saturated heterocycles. The molecule has 1 aliphatic rings. The molecule has 0 fully saturated rings. The Hall–Kier alpha value is -4.08. The van der Waals surface area contributed by atoms with E-state index >= 15 is 0 Å². The molecular weight excluding hydrogens is 440 g/mol. The number of alkyl halides is 3. The third kappa shape index (κ3) is 5.05. The topological polar surface area (TPSA) is 74.7 Å². The predicted molar refractivity (Wildman–Crippen MR) is 114 cm³/mol. The number of nitrogens with one attached hydrogen (secondary N) is 1. The number of benzene rings is 2. The van der Waals surface area contributed by atoms with Gasteiger partial charge in [0.1, 0.15) is 18.0 Å². The Kier molecular flexibility index (Phi) is 5.91. The third-order valence-electron chi connectivity index (χ3n) is 4.85. The zero-order valence-corrected chi connectivity index (χ0v) is 16.9. The molecule has 2 amide bonds. The Balaban J connectivity index is 1.58. The van der Waals surface area contributed by atoms with Gasteiger partial charge in [-0.25, -0.2) is 14.4 Å². The summed E-state index contributed by atoms with van der Waals surface area (Å²) in [5, 5.41) is 2.38. The van der Waals surface area contributed by atoms with Crippen LogP contribution in [0.2, 0.25) is 0 Å². The molecule has 0 unspecified atom stereocenters. The Morgan fingerprint density at radius 1 is 1.06 bits per heavy atom. The molecule has 0 saturated carbocycles. The minimum Gasteiger partial charge on any atom is -0.325 e. The Morgan fingerprint density at radius 2 is 1.82 bits per heavy atom. The van der Waals surface area contributed by atoms with Crippen molar-refractivity contribution in [3.05, 3.63) is 83.8 Å². The molecule has 10 heteroatoms. The molecular formula is C23H16F4N4O2. The number of anilines is 2. The van der Waals surface area contributed by atoms with Crippen molar-refractivity contribution in [2.24, 2.45) is 4.99 Å². The van der Waals surface area contributed by atoms with Gasteiger partial charge in [-0.2, -0.15) is 13.2 Å². The number of hydrogen-bond acceptors (Lipinski definition) is 4. The van der Waals surface area contributed by atoms with Gasteiger partial charge in [-0.05, 0) is 48.0 Å². The summed E-state index contributed by atoms with van der Waals surface area (Å²) in [4.78, 5) is 35.4. The van der Waals surface area contributed by atoms with Crippen LogP contribution in [0.4, 0.5) is 34.8 Å². The highest BCUT2D eigenvalue weighted by Crippen LogP contribution is 2.32. The van der Waals surface area contributed by atoms with Crippen molar-refractivity contribution in [2.45, 2.75) is 12.6 Å². The molecule has 1 aliphatic heterocycles. The van der Waals surface area contributed by atoms with Crippen LogP contribution in [0.25, 0.3) is 0 Å². The van der Waals surface area contributed by atoms with Crippen molar-refractivity contribution in [3.63, 3.8) is 0 Å². The second-order valence-corrected chi connectivity index (χ2v) is 7.19. The van der Waals surface area contributed by atoms with Crippen LogP contribution in [-0.4, -0.2) is 29.1 Å². The number of halogens is 4. The van der Waals surface area contributed by atoms with E-state index in [0.29, 0.717) is 17.0 Å². The number of hydrogen-bond donors (Lipinski definition) is 1. The number of amides is 2. The van der Waals surface area contributed by atoms with E-state index in [4.69, 9.17) is 0 Å². The summed E-state index contributed by atoms with van der Waals surface area (Å²) in [6.07, 6.45) is -3.31. The molecule has 0 bridgehead atoms. The lowest BCUT2D eigenvalue weighted by Crippen LogP contribution is -2.39. The molecule has 6 nitrogen and oxygen atoms in total. The van der Waals surface area contributed by atoms with E-state index < -0.39 is 35.9 Å². The SMILES string of the molecule is O=C(CN1C(=O)CC(c2ccc(F)cc2)=Nc2cccnc21)Nc1cccc(C(F)(F)F)c1. The second kappa shape index (κ2) is 8.81. The molecule has 168 valence electrons. The van der Waals surface area contributed by atoms with E-state index in [2.05, 4.69) is 15.3 Å². The fraction of sp³-hybridized carbons (Fsp3) is 0.130. The summed E-state index contributed by atoms with van der Waals surface area (Å²) in [6, 6.07) is 12.9. The molecule has 1 aromatic heterocycles. The average molecular weight is 456 g/mol. The first kappa shape index (κ1) is 22.1. The fourth-order valence-corrected chi connectivity index (χ4v) is 3.31. The number of fused-ring (bicyclic) bond motifs is 1. The van der Waals surface area contributed by atoms with Gasteiger partial charge in [-0.15, -0.1) is 0 Å². The van der Waals surface area contributed by atoms with Gasteiger partial charge in [0.05, 0.1) is 17.7 Å². The average Bonchev–Trinajstić information content (AvgIpc) is 2.90. The lowest BCUT2D eigenvalue weighted by Gasteiger charge is -2.20. The normalized spacial score (nSPS) is 13.8. The molecule has 0 aliphatic carbocycles. The van der Waals surface area contributed by atoms with Gasteiger partial charge in [0.25, 0.3) is 0 Å². The summed E-state index contributed by atoms with van der Waals surface area (Å²) in [7, 11) is 0. The lowest BCUT2D eigenvalue weighted by atomic mass is 10.1. The van der Waals surface area contributed by atoms with Gasteiger partial charge in [-0.3, -0.25) is 14.5 Å². The molecule has 0 atom stereocenters. The van der Waals surface area contributed by atoms with Crippen LogP contribution in [-0.2, 0) is 15.8 Å². The van der Waals surface area contributed by atoms with Crippen molar-refractivity contribution in [1.82, 2.24) is 4.98 Å². The van der Waals surface area contributed by atoms with Crippen LogP contribution >= 0.6 is 0 Å². The van der Waals surface area contributed by atoms with Crippen molar-refractivity contribution >= 4 is 34.7 Å². The largest absolute Gasteiger partial charge is 0.416 e. The third-order valence-corrected chi connectivity index (χ3v) is 4.85. The van der Waals surface area contributed by atoms with Gasteiger partial charge in [-0.1, -0.05) is 18.2 Å². The minimum atomic E-state index is -4.56. The van der Waals surface area contributed by atoms with E-state index in [1.54, 1.807) is 12.1 Å². The van der Waals surface area contributed by atoms with Gasteiger partial charge in [0.15, 0.2) is 5.82 Å². The summed E-state index contributed by atoms with van der Waals surface area (Å²) in [6.45, 7) is -0.481. The Morgan fingerprint density at radius 3 is 2.55 bits per heavy atom. The van der Waals surface area contributed by atoms with E-state index in [9.17, 15) is 27.2 Å². The minimum absolute atomic E-state index is 0.0541. The van der Waals surface area contributed by atoms with Crippen LogP contribution < -0.4 is 10.2 Å². The van der Waals surface area contributed by atoms with Gasteiger partial charge in [0, 0.05) is 11.9 Å². The second-order valence-electron chi connectivity index (χ2n) is 7.19. The van der Waals surface area contributed by atoms with Crippen molar-refractivity contribution in [1.29, 1.82) is 0 Å². The van der Waals surface area contributed by atoms with Crippen LogP contribution in [0.1, 0.15) is 17.5 Å². The lowest BCUT2D eigenvalue weighted by molar-refractivity contribution is -0.137. The number of aliphatic imine (C=N–C) groups is 1. The van der Waals surface area contributed by atoms with E-state index in [1.807, 2.05) is 0 Å². The van der Waals surface area contributed by atoms with Crippen LogP contribution in [0.5, 0.6) is 0 Å². The molecule has 33 heavy (non-hydrogen) atoms. The zero-order valence-electron chi connectivity index (χ0n) is 16.9. The fourth-order valence-electron chi connectivity index (χ4n) is 3.31. The van der Waals surface area contributed by atoms with E-state index in [-0.39, 0.29) is 17.9 Å². The summed E-state index contributed by atoms with van der Waals surface area (Å²) < 4.78 is 52.1. The first-order valence-electron chi connectivity index (χ1n) is 9.77. The first-order chi connectivity index (χ1) is 15.7. The van der Waals surface area contributed by atoms with E-state index in [1.165, 1.54) is 42.6 Å². The van der Waals surface area contributed by atoms with Crippen LogP contribution in [0.15, 0.2) is 71.9 Å². The number of pyridine rings is 1. The zero-order chi connectivity index (χ0) is 23.6. The van der Waals surface area contributed by atoms with Crippen molar-refractivity contribution < 1.29 is 27.2 Å². The Bertz CT molecular complexity index is 1240. The summed E-state index contributed by atoms with van der Waals surface area (Å²) in [5.41, 5.74) is 0.275. The predicted octanol–water partition coefficient (Wildman–Crippen LogP) is 4.74. The highest BCUT2D eigenvalue weighted by atomic mass is 19.4. The molecule has 2 aromatic carbocycles. The maximum absolute atomic E-state index is 13.3. The highest BCUT2D eigenvalue weighted by Gasteiger charge is 2.31. The number of rotatable bonds is 4.